The summed E-state index contributed by atoms with van der Waals surface area (Å²) in [5, 5.41) is 3.48. The topological polar surface area (TPSA) is 31.4 Å². The lowest BCUT2D eigenvalue weighted by Gasteiger charge is -2.43. The van der Waals surface area contributed by atoms with Crippen molar-refractivity contribution in [3.63, 3.8) is 0 Å². The van der Waals surface area contributed by atoms with Crippen LogP contribution in [0.5, 0.6) is 0 Å². The molecule has 2 aromatic rings. The second-order valence-corrected chi connectivity index (χ2v) is 9.33. The van der Waals surface area contributed by atoms with E-state index < -0.39 is 0 Å². The lowest BCUT2D eigenvalue weighted by Crippen LogP contribution is -2.51. The lowest BCUT2D eigenvalue weighted by molar-refractivity contribution is 0.0497. The minimum absolute atomic E-state index is 0.802. The van der Waals surface area contributed by atoms with Crippen LogP contribution in [-0.2, 0) is 19.4 Å². The fourth-order valence-corrected chi connectivity index (χ4v) is 5.28. The van der Waals surface area contributed by atoms with Crippen LogP contribution in [-0.4, -0.2) is 54.1 Å². The summed E-state index contributed by atoms with van der Waals surface area (Å²) in [5.74, 6) is 2.82. The van der Waals surface area contributed by atoms with E-state index in [9.17, 15) is 0 Å². The highest BCUT2D eigenvalue weighted by atomic mass is 15.2. The first kappa shape index (κ1) is 19.1. The van der Waals surface area contributed by atoms with Crippen LogP contribution < -0.4 is 5.32 Å². The van der Waals surface area contributed by atoms with Crippen LogP contribution in [0.2, 0.25) is 0 Å². The monoisotopic (exact) mass is 390 g/mol. The van der Waals surface area contributed by atoms with Crippen LogP contribution in [0, 0.1) is 11.8 Å². The summed E-state index contributed by atoms with van der Waals surface area (Å²) in [6.45, 7) is 8.54. The Balaban J connectivity index is 1.03. The molecule has 0 aliphatic carbocycles. The predicted molar refractivity (Wildman–Crippen MR) is 119 cm³/mol. The summed E-state index contributed by atoms with van der Waals surface area (Å²) >= 11 is 0. The number of likely N-dealkylation sites (tertiary alicyclic amines) is 2. The molecule has 4 nitrogen and oxygen atoms in total. The van der Waals surface area contributed by atoms with E-state index >= 15 is 0 Å². The summed E-state index contributed by atoms with van der Waals surface area (Å²) < 4.78 is 0. The second-order valence-electron chi connectivity index (χ2n) is 9.33. The summed E-state index contributed by atoms with van der Waals surface area (Å²) in [6, 6.07) is 15.5. The van der Waals surface area contributed by atoms with E-state index in [4.69, 9.17) is 4.98 Å². The molecule has 2 saturated heterocycles. The molecule has 3 aliphatic heterocycles. The molecule has 1 aromatic heterocycles. The van der Waals surface area contributed by atoms with Crippen molar-refractivity contribution in [1.82, 2.24) is 14.8 Å². The van der Waals surface area contributed by atoms with Crippen LogP contribution >= 0.6 is 0 Å². The molecule has 5 rings (SSSR count). The van der Waals surface area contributed by atoms with Crippen molar-refractivity contribution in [2.45, 2.75) is 38.6 Å². The fourth-order valence-electron chi connectivity index (χ4n) is 5.28. The predicted octanol–water partition coefficient (Wildman–Crippen LogP) is 3.83. The summed E-state index contributed by atoms with van der Waals surface area (Å²) in [6.07, 6.45) is 6.21. The van der Waals surface area contributed by atoms with Gasteiger partial charge in [-0.2, -0.15) is 0 Å². The first-order valence-corrected chi connectivity index (χ1v) is 11.5. The van der Waals surface area contributed by atoms with Crippen LogP contribution in [0.4, 0.5) is 5.82 Å². The number of pyridine rings is 1. The number of rotatable bonds is 6. The third-order valence-corrected chi connectivity index (χ3v) is 6.95. The van der Waals surface area contributed by atoms with E-state index in [1.807, 2.05) is 0 Å². The van der Waals surface area contributed by atoms with Crippen molar-refractivity contribution in [1.29, 1.82) is 0 Å². The third kappa shape index (κ3) is 4.81. The molecule has 1 N–H and O–H groups in total. The average Bonchev–Trinajstić information content (AvgIpc) is 2.74. The summed E-state index contributed by atoms with van der Waals surface area (Å²) in [4.78, 5) is 10.2. The van der Waals surface area contributed by atoms with Crippen LogP contribution in [0.25, 0.3) is 0 Å². The number of piperidine rings is 1. The summed E-state index contributed by atoms with van der Waals surface area (Å²) in [5.41, 5.74) is 4.13. The van der Waals surface area contributed by atoms with E-state index in [0.29, 0.717) is 0 Å². The number of aromatic nitrogens is 1. The first-order valence-electron chi connectivity index (χ1n) is 11.5. The van der Waals surface area contributed by atoms with Gasteiger partial charge in [-0.1, -0.05) is 36.4 Å². The zero-order chi connectivity index (χ0) is 19.5. The van der Waals surface area contributed by atoms with Gasteiger partial charge in [0, 0.05) is 38.4 Å². The molecule has 0 unspecified atom stereocenters. The molecule has 29 heavy (non-hydrogen) atoms. The van der Waals surface area contributed by atoms with Gasteiger partial charge in [-0.3, -0.25) is 4.90 Å². The van der Waals surface area contributed by atoms with E-state index in [1.54, 1.807) is 0 Å². The van der Waals surface area contributed by atoms with E-state index in [0.717, 1.165) is 37.2 Å². The van der Waals surface area contributed by atoms with Crippen molar-refractivity contribution >= 4 is 5.82 Å². The number of nitrogens with one attached hydrogen (secondary N) is 1. The fraction of sp³-hybridized carbons (Fsp3) is 0.560. The minimum Gasteiger partial charge on any atom is -0.370 e. The van der Waals surface area contributed by atoms with Gasteiger partial charge in [0.15, 0.2) is 0 Å². The maximum Gasteiger partial charge on any atom is 0.129 e. The van der Waals surface area contributed by atoms with Gasteiger partial charge in [0.05, 0.1) is 0 Å². The number of nitrogens with zero attached hydrogens (tertiary/aromatic N) is 3. The van der Waals surface area contributed by atoms with Crippen molar-refractivity contribution in [3.8, 4) is 0 Å². The molecule has 0 amide bonds. The smallest absolute Gasteiger partial charge is 0.129 e. The van der Waals surface area contributed by atoms with Gasteiger partial charge in [0.1, 0.15) is 5.82 Å². The minimum atomic E-state index is 0.802. The Bertz CT molecular complexity index is 792. The zero-order valence-electron chi connectivity index (χ0n) is 17.5. The molecule has 4 heteroatoms. The Morgan fingerprint density at radius 1 is 0.931 bits per heavy atom. The quantitative estimate of drug-likeness (QED) is 0.812. The van der Waals surface area contributed by atoms with E-state index in [2.05, 4.69) is 57.6 Å². The third-order valence-electron chi connectivity index (χ3n) is 6.95. The molecule has 154 valence electrons. The largest absolute Gasteiger partial charge is 0.370 e. The highest BCUT2D eigenvalue weighted by Gasteiger charge is 2.29. The maximum absolute atomic E-state index is 4.91. The highest BCUT2D eigenvalue weighted by molar-refractivity contribution is 5.47. The molecule has 0 radical (unpaired) electrons. The number of fused-ring (bicyclic) bond motifs is 1. The maximum atomic E-state index is 4.91. The Kier molecular flexibility index (Phi) is 5.82. The van der Waals surface area contributed by atoms with Crippen molar-refractivity contribution in [2.24, 2.45) is 11.8 Å². The van der Waals surface area contributed by atoms with Gasteiger partial charge in [-0.25, -0.2) is 4.98 Å². The van der Waals surface area contributed by atoms with Gasteiger partial charge in [0.2, 0.25) is 0 Å². The molecule has 1 aromatic carbocycles. The molecular weight excluding hydrogens is 356 g/mol. The molecule has 4 heterocycles. The molecule has 2 fully saturated rings. The zero-order valence-corrected chi connectivity index (χ0v) is 17.5. The van der Waals surface area contributed by atoms with Crippen molar-refractivity contribution < 1.29 is 0 Å². The molecule has 0 saturated carbocycles. The van der Waals surface area contributed by atoms with Gasteiger partial charge >= 0.3 is 0 Å². The molecule has 0 bridgehead atoms. The molecule has 0 spiro atoms. The van der Waals surface area contributed by atoms with Gasteiger partial charge in [-0.15, -0.1) is 0 Å². The first-order chi connectivity index (χ1) is 14.3. The van der Waals surface area contributed by atoms with E-state index in [-0.39, 0.29) is 0 Å². The van der Waals surface area contributed by atoms with Crippen LogP contribution in [0.15, 0.2) is 42.5 Å². The number of hydrogen-bond acceptors (Lipinski definition) is 4. The molecule has 0 atom stereocenters. The normalized spacial score (nSPS) is 21.4. The number of aryl methyl sites for hydroxylation is 1. The lowest BCUT2D eigenvalue weighted by atomic mass is 9.90. The Labute approximate surface area is 175 Å². The molecular formula is C25H34N4. The number of hydrogen-bond donors (Lipinski definition) is 1. The Hall–Kier alpha value is -1.91. The van der Waals surface area contributed by atoms with Gasteiger partial charge in [0.25, 0.3) is 0 Å². The van der Waals surface area contributed by atoms with Crippen molar-refractivity contribution in [2.75, 3.05) is 44.6 Å². The Morgan fingerprint density at radius 3 is 2.59 bits per heavy atom. The van der Waals surface area contributed by atoms with Gasteiger partial charge < -0.3 is 10.2 Å². The number of anilines is 1. The average molecular weight is 391 g/mol. The standard InChI is InChI=1S/C25H34N4/c1-2-5-21(6-3-1)16-29-18-22(19-29)17-28-13-10-20(11-14-28)15-24-9-8-23-7-4-12-26-25(23)27-24/h1-3,5-6,8-9,20,22H,4,7,10-19H2,(H,26,27). The van der Waals surface area contributed by atoms with Crippen LogP contribution in [0.1, 0.15) is 36.1 Å². The van der Waals surface area contributed by atoms with Crippen LogP contribution in [0.3, 0.4) is 0 Å². The summed E-state index contributed by atoms with van der Waals surface area (Å²) in [7, 11) is 0. The highest BCUT2D eigenvalue weighted by Crippen LogP contribution is 2.26. The molecule has 3 aliphatic rings. The second kappa shape index (κ2) is 8.85. The van der Waals surface area contributed by atoms with E-state index in [1.165, 1.54) is 75.2 Å². The van der Waals surface area contributed by atoms with Crippen molar-refractivity contribution in [3.05, 3.63) is 59.3 Å². The SMILES string of the molecule is c1ccc(CN2CC(CN3CCC(Cc4ccc5c(n4)NCCC5)CC3)C2)cc1. The van der Waals surface area contributed by atoms with Gasteiger partial charge in [-0.05, 0) is 74.2 Å². The Morgan fingerprint density at radius 2 is 1.76 bits per heavy atom. The number of benzene rings is 1.